The normalized spacial score (nSPS) is 12.1. The quantitative estimate of drug-likeness (QED) is 0.436. The third kappa shape index (κ3) is 5.34. The molecule has 0 aromatic heterocycles. The largest absolute Gasteiger partial charge is 0.379 e. The Kier molecular flexibility index (Phi) is 6.55. The van der Waals surface area contributed by atoms with Crippen LogP contribution < -0.4 is 5.32 Å². The van der Waals surface area contributed by atoms with Gasteiger partial charge in [0.2, 0.25) is 0 Å². The van der Waals surface area contributed by atoms with Crippen molar-refractivity contribution in [2.24, 2.45) is 0 Å². The number of halogens is 1. The van der Waals surface area contributed by atoms with Crippen molar-refractivity contribution in [3.05, 3.63) is 63.2 Å². The van der Waals surface area contributed by atoms with Gasteiger partial charge in [-0.1, -0.05) is 44.0 Å². The van der Waals surface area contributed by atoms with E-state index in [0.717, 1.165) is 0 Å². The molecule has 0 aliphatic carbocycles. The van der Waals surface area contributed by atoms with Crippen LogP contribution in [0.15, 0.2) is 48.5 Å². The molecular weight excluding hydrogens is 369 g/mol. The van der Waals surface area contributed by atoms with E-state index in [1.807, 2.05) is 0 Å². The van der Waals surface area contributed by atoms with E-state index in [9.17, 15) is 0 Å². The summed E-state index contributed by atoms with van der Waals surface area (Å²) in [7, 11) is 0. The number of unbranched alkanes of at least 4 members (excludes halogenated alkanes) is 2. The summed E-state index contributed by atoms with van der Waals surface area (Å²) >= 11 is 2.34. The van der Waals surface area contributed by atoms with Crippen molar-refractivity contribution in [1.29, 1.82) is 0 Å². The SMILES string of the molecule is CCCCCc1ccc(NC(C)c2ccc(I)cc2)cc1. The van der Waals surface area contributed by atoms with E-state index in [4.69, 9.17) is 0 Å². The minimum absolute atomic E-state index is 0.327. The first kappa shape index (κ1) is 16.3. The van der Waals surface area contributed by atoms with Gasteiger partial charge < -0.3 is 5.32 Å². The molecule has 2 aromatic rings. The Hall–Kier alpha value is -1.03. The highest BCUT2D eigenvalue weighted by Crippen LogP contribution is 2.21. The van der Waals surface area contributed by atoms with E-state index in [2.05, 4.69) is 90.3 Å². The summed E-state index contributed by atoms with van der Waals surface area (Å²) in [5.74, 6) is 0. The van der Waals surface area contributed by atoms with Gasteiger partial charge in [0.05, 0.1) is 0 Å². The van der Waals surface area contributed by atoms with Crippen LogP contribution in [0.2, 0.25) is 0 Å². The van der Waals surface area contributed by atoms with Gasteiger partial charge in [0.1, 0.15) is 0 Å². The Morgan fingerprint density at radius 2 is 1.62 bits per heavy atom. The molecule has 1 N–H and O–H groups in total. The minimum Gasteiger partial charge on any atom is -0.379 e. The van der Waals surface area contributed by atoms with Crippen LogP contribution in [0.4, 0.5) is 5.69 Å². The number of anilines is 1. The summed E-state index contributed by atoms with van der Waals surface area (Å²) in [4.78, 5) is 0. The molecule has 0 bridgehead atoms. The topological polar surface area (TPSA) is 12.0 Å². The molecule has 21 heavy (non-hydrogen) atoms. The highest BCUT2D eigenvalue weighted by molar-refractivity contribution is 14.1. The van der Waals surface area contributed by atoms with Gasteiger partial charge in [-0.3, -0.25) is 0 Å². The Balaban J connectivity index is 1.91. The first-order valence-electron chi connectivity index (χ1n) is 7.80. The van der Waals surface area contributed by atoms with Crippen LogP contribution in [0.3, 0.4) is 0 Å². The average Bonchev–Trinajstić information content (AvgIpc) is 2.50. The van der Waals surface area contributed by atoms with E-state index in [0.29, 0.717) is 6.04 Å². The van der Waals surface area contributed by atoms with Gasteiger partial charge in [0.15, 0.2) is 0 Å². The van der Waals surface area contributed by atoms with Gasteiger partial charge in [0, 0.05) is 15.3 Å². The van der Waals surface area contributed by atoms with Gasteiger partial charge in [-0.05, 0) is 77.7 Å². The van der Waals surface area contributed by atoms with E-state index < -0.39 is 0 Å². The first-order valence-corrected chi connectivity index (χ1v) is 8.88. The van der Waals surface area contributed by atoms with Gasteiger partial charge in [0.25, 0.3) is 0 Å². The minimum atomic E-state index is 0.327. The predicted molar refractivity (Wildman–Crippen MR) is 101 cm³/mol. The van der Waals surface area contributed by atoms with Crippen molar-refractivity contribution in [2.45, 2.75) is 45.6 Å². The van der Waals surface area contributed by atoms with Crippen molar-refractivity contribution in [3.63, 3.8) is 0 Å². The molecule has 0 aliphatic heterocycles. The second kappa shape index (κ2) is 8.42. The monoisotopic (exact) mass is 393 g/mol. The van der Waals surface area contributed by atoms with Crippen LogP contribution in [-0.4, -0.2) is 0 Å². The van der Waals surface area contributed by atoms with E-state index >= 15 is 0 Å². The van der Waals surface area contributed by atoms with Crippen molar-refractivity contribution in [1.82, 2.24) is 0 Å². The molecule has 2 heteroatoms. The highest BCUT2D eigenvalue weighted by Gasteiger charge is 2.05. The van der Waals surface area contributed by atoms with E-state index in [1.165, 1.54) is 46.1 Å². The molecule has 112 valence electrons. The molecule has 0 heterocycles. The van der Waals surface area contributed by atoms with Crippen LogP contribution in [0.5, 0.6) is 0 Å². The second-order valence-corrected chi connectivity index (χ2v) is 6.82. The summed E-state index contributed by atoms with van der Waals surface area (Å²) < 4.78 is 1.28. The highest BCUT2D eigenvalue weighted by atomic mass is 127. The second-order valence-electron chi connectivity index (χ2n) is 5.57. The van der Waals surface area contributed by atoms with Gasteiger partial charge in [-0.25, -0.2) is 0 Å². The van der Waals surface area contributed by atoms with Gasteiger partial charge in [-0.15, -0.1) is 0 Å². The number of nitrogens with one attached hydrogen (secondary N) is 1. The maximum atomic E-state index is 3.57. The lowest BCUT2D eigenvalue weighted by atomic mass is 10.1. The fourth-order valence-electron chi connectivity index (χ4n) is 2.43. The maximum absolute atomic E-state index is 3.57. The zero-order valence-corrected chi connectivity index (χ0v) is 15.1. The van der Waals surface area contributed by atoms with Crippen LogP contribution in [0, 0.1) is 3.57 Å². The molecule has 1 nitrogen and oxygen atoms in total. The van der Waals surface area contributed by atoms with Gasteiger partial charge in [-0.2, -0.15) is 0 Å². The van der Waals surface area contributed by atoms with Crippen LogP contribution in [0.1, 0.15) is 50.3 Å². The molecule has 0 fully saturated rings. The number of aryl methyl sites for hydroxylation is 1. The molecule has 0 amide bonds. The summed E-state index contributed by atoms with van der Waals surface area (Å²) in [5.41, 5.74) is 3.96. The molecular formula is C19H24IN. The van der Waals surface area contributed by atoms with Crippen molar-refractivity contribution in [3.8, 4) is 0 Å². The summed E-state index contributed by atoms with van der Waals surface area (Å²) in [5, 5.41) is 3.57. The number of rotatable bonds is 7. The number of benzene rings is 2. The molecule has 1 unspecified atom stereocenters. The Morgan fingerprint density at radius 1 is 0.952 bits per heavy atom. The van der Waals surface area contributed by atoms with Gasteiger partial charge >= 0.3 is 0 Å². The van der Waals surface area contributed by atoms with Crippen LogP contribution in [0.25, 0.3) is 0 Å². The lowest BCUT2D eigenvalue weighted by Gasteiger charge is -2.16. The zero-order chi connectivity index (χ0) is 15.1. The molecule has 0 saturated carbocycles. The van der Waals surface area contributed by atoms with E-state index in [-0.39, 0.29) is 0 Å². The predicted octanol–water partition coefficient (Wildman–Crippen LogP) is 6.20. The standard InChI is InChI=1S/C19H24IN/c1-3-4-5-6-16-7-13-19(14-8-16)21-15(2)17-9-11-18(20)12-10-17/h7-15,21H,3-6H2,1-2H3. The molecule has 0 aliphatic rings. The molecule has 2 aromatic carbocycles. The third-order valence-electron chi connectivity index (χ3n) is 3.78. The molecule has 2 rings (SSSR count). The summed E-state index contributed by atoms with van der Waals surface area (Å²) in [6.07, 6.45) is 5.10. The molecule has 0 radical (unpaired) electrons. The Morgan fingerprint density at radius 3 is 2.24 bits per heavy atom. The van der Waals surface area contributed by atoms with Crippen molar-refractivity contribution >= 4 is 28.3 Å². The maximum Gasteiger partial charge on any atom is 0.0485 e. The molecule has 1 atom stereocenters. The summed E-state index contributed by atoms with van der Waals surface area (Å²) in [6.45, 7) is 4.45. The lowest BCUT2D eigenvalue weighted by Crippen LogP contribution is -2.06. The smallest absolute Gasteiger partial charge is 0.0485 e. The number of hydrogen-bond donors (Lipinski definition) is 1. The van der Waals surface area contributed by atoms with Crippen molar-refractivity contribution in [2.75, 3.05) is 5.32 Å². The third-order valence-corrected chi connectivity index (χ3v) is 4.50. The Bertz CT molecular complexity index is 530. The fraction of sp³-hybridized carbons (Fsp3) is 0.368. The molecule has 0 spiro atoms. The van der Waals surface area contributed by atoms with Crippen LogP contribution >= 0.6 is 22.6 Å². The van der Waals surface area contributed by atoms with Crippen LogP contribution in [-0.2, 0) is 6.42 Å². The lowest BCUT2D eigenvalue weighted by molar-refractivity contribution is 0.717. The first-order chi connectivity index (χ1) is 10.2. The zero-order valence-electron chi connectivity index (χ0n) is 12.9. The Labute approximate surface area is 142 Å². The van der Waals surface area contributed by atoms with Crippen molar-refractivity contribution < 1.29 is 0 Å². The average molecular weight is 393 g/mol. The molecule has 0 saturated heterocycles. The number of hydrogen-bond acceptors (Lipinski definition) is 1. The summed E-state index contributed by atoms with van der Waals surface area (Å²) in [6, 6.07) is 17.9. The fourth-order valence-corrected chi connectivity index (χ4v) is 2.79. The van der Waals surface area contributed by atoms with E-state index in [1.54, 1.807) is 0 Å².